The molecule has 0 bridgehead atoms. The first-order valence-corrected chi connectivity index (χ1v) is 10.2. The summed E-state index contributed by atoms with van der Waals surface area (Å²) in [6.45, 7) is 0. The lowest BCUT2D eigenvalue weighted by atomic mass is 10.0. The number of aromatic hydroxyl groups is 1. The number of phenols is 1. The van der Waals surface area contributed by atoms with Crippen LogP contribution in [-0.4, -0.2) is 15.1 Å². The normalized spacial score (nSPS) is 11.7. The van der Waals surface area contributed by atoms with Gasteiger partial charge in [-0.3, -0.25) is 0 Å². The Hall–Kier alpha value is -3.54. The molecular formula is C24H12Cl2N2O3. The van der Waals surface area contributed by atoms with Crippen LogP contribution in [0.1, 0.15) is 0 Å². The van der Waals surface area contributed by atoms with Crippen LogP contribution in [0.25, 0.3) is 55.9 Å². The molecule has 6 aromatic rings. The Balaban J connectivity index is 1.49. The number of rotatable bonds is 2. The van der Waals surface area contributed by atoms with Gasteiger partial charge in [-0.25, -0.2) is 9.97 Å². The number of hydrogen-bond donors (Lipinski definition) is 1. The molecule has 0 aliphatic carbocycles. The van der Waals surface area contributed by atoms with Gasteiger partial charge in [0.1, 0.15) is 16.8 Å². The first kappa shape index (κ1) is 18.2. The van der Waals surface area contributed by atoms with E-state index >= 15 is 0 Å². The molecule has 0 spiro atoms. The fourth-order valence-corrected chi connectivity index (χ4v) is 3.96. The van der Waals surface area contributed by atoms with Gasteiger partial charge in [0.05, 0.1) is 5.56 Å². The summed E-state index contributed by atoms with van der Waals surface area (Å²) in [6.07, 6.45) is 0. The van der Waals surface area contributed by atoms with Crippen molar-refractivity contribution in [2.24, 2.45) is 0 Å². The Morgan fingerprint density at radius 3 is 2.00 bits per heavy atom. The van der Waals surface area contributed by atoms with Gasteiger partial charge in [-0.2, -0.15) is 0 Å². The molecule has 0 fully saturated rings. The van der Waals surface area contributed by atoms with Crippen LogP contribution in [0.3, 0.4) is 0 Å². The molecule has 0 aliphatic rings. The molecule has 0 radical (unpaired) electrons. The number of phenolic OH excluding ortho intramolecular Hbond substituents is 1. The minimum atomic E-state index is 0.0782. The molecule has 0 saturated heterocycles. The number of benzene rings is 4. The lowest BCUT2D eigenvalue weighted by Crippen LogP contribution is -1.83. The molecule has 0 saturated carbocycles. The third-order valence-corrected chi connectivity index (χ3v) is 5.60. The number of aromatic nitrogens is 2. The van der Waals surface area contributed by atoms with Gasteiger partial charge in [0.2, 0.25) is 11.8 Å². The lowest BCUT2D eigenvalue weighted by molar-refractivity contribution is 0.475. The predicted octanol–water partition coefficient (Wildman–Crippen LogP) is 7.47. The van der Waals surface area contributed by atoms with E-state index in [9.17, 15) is 5.11 Å². The largest absolute Gasteiger partial charge is 0.507 e. The van der Waals surface area contributed by atoms with E-state index in [1.165, 1.54) is 0 Å². The van der Waals surface area contributed by atoms with Crippen LogP contribution in [0, 0.1) is 0 Å². The third kappa shape index (κ3) is 3.10. The topological polar surface area (TPSA) is 72.3 Å². The highest BCUT2D eigenvalue weighted by Crippen LogP contribution is 2.36. The number of halogens is 2. The standard InChI is InChI=1S/C24H12Cl2N2O3/c25-15-3-5-21-18(10-15)27-23(30-21)13-2-1-12-9-20(29)17(8-14(12)7-13)24-28-19-11-16(26)4-6-22(19)31-24/h1-11,29H. The number of oxazole rings is 2. The highest BCUT2D eigenvalue weighted by atomic mass is 35.5. The number of hydrogen-bond acceptors (Lipinski definition) is 5. The molecule has 150 valence electrons. The quantitative estimate of drug-likeness (QED) is 0.298. The summed E-state index contributed by atoms with van der Waals surface area (Å²) in [7, 11) is 0. The number of fused-ring (bicyclic) bond motifs is 3. The van der Waals surface area contributed by atoms with Crippen LogP contribution in [0.4, 0.5) is 0 Å². The van der Waals surface area contributed by atoms with E-state index in [1.807, 2.05) is 24.3 Å². The van der Waals surface area contributed by atoms with Crippen LogP contribution in [-0.2, 0) is 0 Å². The van der Waals surface area contributed by atoms with Crippen LogP contribution in [0.5, 0.6) is 5.75 Å². The summed E-state index contributed by atoms with van der Waals surface area (Å²) in [6, 6.07) is 19.8. The maximum Gasteiger partial charge on any atom is 0.231 e. The molecule has 0 unspecified atom stereocenters. The minimum absolute atomic E-state index is 0.0782. The van der Waals surface area contributed by atoms with Gasteiger partial charge in [0.25, 0.3) is 0 Å². The average Bonchev–Trinajstić information content (AvgIpc) is 3.36. The highest BCUT2D eigenvalue weighted by Gasteiger charge is 2.15. The van der Waals surface area contributed by atoms with Crippen molar-refractivity contribution < 1.29 is 13.9 Å². The van der Waals surface area contributed by atoms with E-state index in [4.69, 9.17) is 32.0 Å². The summed E-state index contributed by atoms with van der Waals surface area (Å²) in [5.41, 5.74) is 3.87. The molecule has 2 aromatic heterocycles. The molecule has 5 nitrogen and oxygen atoms in total. The molecular weight excluding hydrogens is 435 g/mol. The smallest absolute Gasteiger partial charge is 0.231 e. The Labute approximate surface area is 185 Å². The monoisotopic (exact) mass is 446 g/mol. The number of nitrogens with zero attached hydrogens (tertiary/aromatic N) is 2. The van der Waals surface area contributed by atoms with Crippen molar-refractivity contribution in [2.75, 3.05) is 0 Å². The van der Waals surface area contributed by atoms with E-state index in [-0.39, 0.29) is 5.75 Å². The molecule has 7 heteroatoms. The van der Waals surface area contributed by atoms with E-state index in [0.717, 1.165) is 16.3 Å². The summed E-state index contributed by atoms with van der Waals surface area (Å²) >= 11 is 12.1. The molecule has 2 heterocycles. The van der Waals surface area contributed by atoms with Crippen LogP contribution in [0.2, 0.25) is 10.0 Å². The van der Waals surface area contributed by atoms with Crippen LogP contribution >= 0.6 is 23.2 Å². The summed E-state index contributed by atoms with van der Waals surface area (Å²) in [4.78, 5) is 9.02. The fraction of sp³-hybridized carbons (Fsp3) is 0. The maximum atomic E-state index is 10.6. The van der Waals surface area contributed by atoms with Crippen molar-refractivity contribution in [3.8, 4) is 28.7 Å². The van der Waals surface area contributed by atoms with E-state index < -0.39 is 0 Å². The van der Waals surface area contributed by atoms with Crippen molar-refractivity contribution in [1.82, 2.24) is 9.97 Å². The van der Waals surface area contributed by atoms with Gasteiger partial charge in [-0.1, -0.05) is 29.3 Å². The molecule has 6 rings (SSSR count). The molecule has 0 amide bonds. The molecule has 1 N–H and O–H groups in total. The summed E-state index contributed by atoms with van der Waals surface area (Å²) in [5, 5.41) is 13.5. The zero-order valence-corrected chi connectivity index (χ0v) is 17.3. The van der Waals surface area contributed by atoms with Crippen molar-refractivity contribution in [3.05, 3.63) is 76.8 Å². The van der Waals surface area contributed by atoms with E-state index in [2.05, 4.69) is 9.97 Å². The van der Waals surface area contributed by atoms with Gasteiger partial charge in [-0.05, 0) is 71.4 Å². The fourth-order valence-electron chi connectivity index (χ4n) is 3.63. The van der Waals surface area contributed by atoms with Crippen molar-refractivity contribution in [2.45, 2.75) is 0 Å². The minimum Gasteiger partial charge on any atom is -0.507 e. The zero-order valence-electron chi connectivity index (χ0n) is 15.8. The Kier molecular flexibility index (Phi) is 3.96. The summed E-state index contributed by atoms with van der Waals surface area (Å²) in [5.74, 6) is 0.887. The predicted molar refractivity (Wildman–Crippen MR) is 122 cm³/mol. The van der Waals surface area contributed by atoms with Crippen molar-refractivity contribution in [3.63, 3.8) is 0 Å². The maximum absolute atomic E-state index is 10.6. The Morgan fingerprint density at radius 2 is 1.29 bits per heavy atom. The van der Waals surface area contributed by atoms with E-state index in [1.54, 1.807) is 42.5 Å². The van der Waals surface area contributed by atoms with Gasteiger partial charge >= 0.3 is 0 Å². The lowest BCUT2D eigenvalue weighted by Gasteiger charge is -2.05. The Morgan fingerprint density at radius 1 is 0.645 bits per heavy atom. The molecule has 4 aromatic carbocycles. The van der Waals surface area contributed by atoms with Crippen LogP contribution < -0.4 is 0 Å². The van der Waals surface area contributed by atoms with Gasteiger partial charge in [-0.15, -0.1) is 0 Å². The third-order valence-electron chi connectivity index (χ3n) is 5.13. The highest BCUT2D eigenvalue weighted by molar-refractivity contribution is 6.31. The second kappa shape index (κ2) is 6.74. The van der Waals surface area contributed by atoms with Gasteiger partial charge in [0.15, 0.2) is 11.2 Å². The zero-order chi connectivity index (χ0) is 21.1. The first-order chi connectivity index (χ1) is 15.0. The van der Waals surface area contributed by atoms with Crippen LogP contribution in [0.15, 0.2) is 75.6 Å². The summed E-state index contributed by atoms with van der Waals surface area (Å²) < 4.78 is 11.7. The molecule has 0 atom stereocenters. The first-order valence-electron chi connectivity index (χ1n) is 9.43. The van der Waals surface area contributed by atoms with E-state index in [0.29, 0.717) is 49.6 Å². The van der Waals surface area contributed by atoms with Gasteiger partial charge < -0.3 is 13.9 Å². The second-order valence-corrected chi connectivity index (χ2v) is 8.07. The SMILES string of the molecule is Oc1cc2ccc(-c3nc4cc(Cl)ccc4o3)cc2cc1-c1nc2cc(Cl)ccc2o1. The molecule has 0 aliphatic heterocycles. The van der Waals surface area contributed by atoms with Crippen molar-refractivity contribution in [1.29, 1.82) is 0 Å². The van der Waals surface area contributed by atoms with Gasteiger partial charge in [0, 0.05) is 15.6 Å². The Bertz CT molecular complexity index is 1640. The van der Waals surface area contributed by atoms with Crippen molar-refractivity contribution >= 4 is 56.2 Å². The molecule has 31 heavy (non-hydrogen) atoms. The average molecular weight is 447 g/mol. The second-order valence-electron chi connectivity index (χ2n) is 7.19.